The van der Waals surface area contributed by atoms with Crippen molar-refractivity contribution in [2.75, 3.05) is 38.5 Å². The minimum Gasteiger partial charge on any atom is -0.361 e. The number of aromatic nitrogens is 2. The van der Waals surface area contributed by atoms with E-state index in [1.807, 2.05) is 13.1 Å². The Morgan fingerprint density at radius 1 is 1.08 bits per heavy atom. The zero-order chi connectivity index (χ0) is 25.1. The van der Waals surface area contributed by atoms with Gasteiger partial charge in [-0.3, -0.25) is 9.88 Å². The molecule has 6 heteroatoms. The lowest BCUT2D eigenvalue weighted by Gasteiger charge is -2.32. The molecule has 5 rings (SSSR count). The predicted molar refractivity (Wildman–Crippen MR) is 148 cm³/mol. The van der Waals surface area contributed by atoms with Crippen molar-refractivity contribution in [3.05, 3.63) is 88.4 Å². The highest BCUT2D eigenvalue weighted by Gasteiger charge is 2.15. The molecule has 0 radical (unpaired) electrons. The number of aryl methyl sites for hydroxylation is 2. The molecule has 0 saturated carbocycles. The van der Waals surface area contributed by atoms with Crippen molar-refractivity contribution in [2.45, 2.75) is 20.4 Å². The first-order valence-electron chi connectivity index (χ1n) is 12.4. The fourth-order valence-corrected chi connectivity index (χ4v) is 4.84. The van der Waals surface area contributed by atoms with Gasteiger partial charge in [0.25, 0.3) is 0 Å². The molecule has 3 heterocycles. The summed E-state index contributed by atoms with van der Waals surface area (Å²) >= 11 is 0. The van der Waals surface area contributed by atoms with Gasteiger partial charge in [0.1, 0.15) is 6.07 Å². The summed E-state index contributed by atoms with van der Waals surface area (Å²) in [5, 5.41) is 14.6. The molecule has 0 spiro atoms. The molecule has 1 aliphatic heterocycles. The first kappa shape index (κ1) is 23.8. The Hall–Kier alpha value is -3.92. The molecule has 0 bridgehead atoms. The molecule has 36 heavy (non-hydrogen) atoms. The zero-order valence-electron chi connectivity index (χ0n) is 21.2. The number of likely N-dealkylation sites (N-methyl/N-ethyl adjacent to an activating group) is 1. The first-order chi connectivity index (χ1) is 17.5. The van der Waals surface area contributed by atoms with Crippen LogP contribution in [0.4, 0.5) is 11.4 Å². The zero-order valence-corrected chi connectivity index (χ0v) is 21.2. The molecule has 2 N–H and O–H groups in total. The molecule has 6 nitrogen and oxygen atoms in total. The third-order valence-corrected chi connectivity index (χ3v) is 7.10. The van der Waals surface area contributed by atoms with Crippen molar-refractivity contribution < 1.29 is 0 Å². The number of nitrogens with one attached hydrogen (secondary N) is 2. The molecule has 182 valence electrons. The summed E-state index contributed by atoms with van der Waals surface area (Å²) in [4.78, 5) is 12.7. The highest BCUT2D eigenvalue weighted by Crippen LogP contribution is 2.32. The molecule has 0 amide bonds. The summed E-state index contributed by atoms with van der Waals surface area (Å²) in [5.41, 5.74) is 8.78. The van der Waals surface area contributed by atoms with Gasteiger partial charge in [0.2, 0.25) is 0 Å². The van der Waals surface area contributed by atoms with Gasteiger partial charge in [0, 0.05) is 73.0 Å². The van der Waals surface area contributed by atoms with Crippen LogP contribution >= 0.6 is 0 Å². The van der Waals surface area contributed by atoms with Crippen LogP contribution in [0.2, 0.25) is 0 Å². The topological polar surface area (TPSA) is 71.0 Å². The van der Waals surface area contributed by atoms with Crippen molar-refractivity contribution in [1.82, 2.24) is 19.8 Å². The van der Waals surface area contributed by atoms with E-state index >= 15 is 0 Å². The predicted octanol–water partition coefficient (Wildman–Crippen LogP) is 5.71. The number of nitrogens with zero attached hydrogens (tertiary/aromatic N) is 4. The number of benzene rings is 2. The Bertz CT molecular complexity index is 1450. The average molecular weight is 477 g/mol. The van der Waals surface area contributed by atoms with Crippen molar-refractivity contribution in [1.29, 1.82) is 5.26 Å². The number of H-pyrrole nitrogens is 1. The third kappa shape index (κ3) is 5.03. The maximum atomic E-state index is 9.85. The van der Waals surface area contributed by atoms with Crippen molar-refractivity contribution in [3.63, 3.8) is 0 Å². The van der Waals surface area contributed by atoms with Crippen LogP contribution < -0.4 is 5.32 Å². The maximum Gasteiger partial charge on any atom is 0.103 e. The summed E-state index contributed by atoms with van der Waals surface area (Å²) in [5.74, 6) is 0. The minimum absolute atomic E-state index is 0.526. The van der Waals surface area contributed by atoms with E-state index in [0.29, 0.717) is 5.56 Å². The SMILES string of the molecule is Cc1ncc(C#N)c(Nc2ccc3[nH]ccc3c2C)c1/C=C/c1cccc(CN2CCN(C)CC2)c1. The van der Waals surface area contributed by atoms with Gasteiger partial charge in [-0.15, -0.1) is 0 Å². The smallest absolute Gasteiger partial charge is 0.103 e. The fraction of sp³-hybridized carbons (Fsp3) is 0.267. The second-order valence-electron chi connectivity index (χ2n) is 9.62. The third-order valence-electron chi connectivity index (χ3n) is 7.10. The molecule has 1 aliphatic rings. The van der Waals surface area contributed by atoms with Gasteiger partial charge < -0.3 is 15.2 Å². The van der Waals surface area contributed by atoms with E-state index in [9.17, 15) is 5.26 Å². The number of hydrogen-bond donors (Lipinski definition) is 2. The Labute approximate surface area is 212 Å². The number of hydrogen-bond acceptors (Lipinski definition) is 5. The lowest BCUT2D eigenvalue weighted by molar-refractivity contribution is 0.148. The Kier molecular flexibility index (Phi) is 6.86. The van der Waals surface area contributed by atoms with Gasteiger partial charge in [-0.1, -0.05) is 36.4 Å². The lowest BCUT2D eigenvalue weighted by Crippen LogP contribution is -2.43. The molecular weight excluding hydrogens is 444 g/mol. The van der Waals surface area contributed by atoms with Crippen LogP contribution in [0.5, 0.6) is 0 Å². The van der Waals surface area contributed by atoms with E-state index in [0.717, 1.165) is 72.0 Å². The average Bonchev–Trinajstić information content (AvgIpc) is 3.37. The largest absolute Gasteiger partial charge is 0.361 e. The van der Waals surface area contributed by atoms with Crippen molar-refractivity contribution in [3.8, 4) is 6.07 Å². The molecule has 2 aromatic heterocycles. The van der Waals surface area contributed by atoms with Crippen LogP contribution in [0.3, 0.4) is 0 Å². The highest BCUT2D eigenvalue weighted by molar-refractivity contribution is 5.90. The van der Waals surface area contributed by atoms with Gasteiger partial charge in [-0.25, -0.2) is 0 Å². The molecule has 0 atom stereocenters. The molecule has 1 saturated heterocycles. The number of fused-ring (bicyclic) bond motifs is 1. The second kappa shape index (κ2) is 10.4. The van der Waals surface area contributed by atoms with E-state index < -0.39 is 0 Å². The molecule has 0 unspecified atom stereocenters. The monoisotopic (exact) mass is 476 g/mol. The normalized spacial score (nSPS) is 14.9. The standard InChI is InChI=1S/C30H32N6/c1-21-26-11-12-32-29(26)10-9-28(21)34-30-25(18-31)19-33-22(2)27(30)8-7-23-5-4-6-24(17-23)20-36-15-13-35(3)14-16-36/h4-12,17,19,32H,13-16,20H2,1-3H3,(H,33,34)/b8-7+. The Balaban J connectivity index is 1.43. The first-order valence-corrected chi connectivity index (χ1v) is 12.4. The van der Waals surface area contributed by atoms with E-state index in [1.54, 1.807) is 6.20 Å². The molecule has 0 aliphatic carbocycles. The van der Waals surface area contributed by atoms with Gasteiger partial charge in [-0.2, -0.15) is 5.26 Å². The molecular formula is C30H32N6. The maximum absolute atomic E-state index is 9.85. The van der Waals surface area contributed by atoms with E-state index in [-0.39, 0.29) is 0 Å². The van der Waals surface area contributed by atoms with E-state index in [1.165, 1.54) is 10.9 Å². The summed E-state index contributed by atoms with van der Waals surface area (Å²) in [6, 6.07) is 17.2. The summed E-state index contributed by atoms with van der Waals surface area (Å²) < 4.78 is 0. The van der Waals surface area contributed by atoms with Crippen LogP contribution in [0, 0.1) is 25.2 Å². The number of aromatic amines is 1. The quantitative estimate of drug-likeness (QED) is 0.373. The number of pyridine rings is 1. The Morgan fingerprint density at radius 2 is 1.92 bits per heavy atom. The number of rotatable bonds is 6. The van der Waals surface area contributed by atoms with Crippen LogP contribution in [-0.4, -0.2) is 53.0 Å². The van der Waals surface area contributed by atoms with Crippen molar-refractivity contribution >= 4 is 34.4 Å². The molecule has 2 aromatic carbocycles. The van der Waals surface area contributed by atoms with Crippen molar-refractivity contribution in [2.24, 2.45) is 0 Å². The summed E-state index contributed by atoms with van der Waals surface area (Å²) in [6.45, 7) is 9.49. The fourth-order valence-electron chi connectivity index (χ4n) is 4.84. The highest BCUT2D eigenvalue weighted by atomic mass is 15.2. The van der Waals surface area contributed by atoms with Crippen LogP contribution in [0.1, 0.15) is 33.5 Å². The number of nitriles is 1. The van der Waals surface area contributed by atoms with Gasteiger partial charge >= 0.3 is 0 Å². The summed E-state index contributed by atoms with van der Waals surface area (Å²) in [7, 11) is 2.18. The molecule has 1 fully saturated rings. The second-order valence-corrected chi connectivity index (χ2v) is 9.62. The van der Waals surface area contributed by atoms with Gasteiger partial charge in [-0.05, 0) is 55.8 Å². The number of anilines is 2. The van der Waals surface area contributed by atoms with Crippen LogP contribution in [-0.2, 0) is 6.54 Å². The van der Waals surface area contributed by atoms with E-state index in [2.05, 4.69) is 99.7 Å². The van der Waals surface area contributed by atoms with Crippen LogP contribution in [0.15, 0.2) is 54.9 Å². The number of piperazine rings is 1. The molecule has 4 aromatic rings. The van der Waals surface area contributed by atoms with E-state index in [4.69, 9.17) is 0 Å². The van der Waals surface area contributed by atoms with Gasteiger partial charge in [0.15, 0.2) is 0 Å². The summed E-state index contributed by atoms with van der Waals surface area (Å²) in [6.07, 6.45) is 7.79. The van der Waals surface area contributed by atoms with Crippen LogP contribution in [0.25, 0.3) is 23.1 Å². The minimum atomic E-state index is 0.526. The lowest BCUT2D eigenvalue weighted by atomic mass is 10.0. The Morgan fingerprint density at radius 3 is 2.72 bits per heavy atom. The van der Waals surface area contributed by atoms with Gasteiger partial charge in [0.05, 0.1) is 11.3 Å².